The van der Waals surface area contributed by atoms with Crippen LogP contribution in [0.5, 0.6) is 0 Å². The summed E-state index contributed by atoms with van der Waals surface area (Å²) in [5, 5.41) is 8.54. The molecular formula is C19H20N4OS. The molecule has 6 heteroatoms. The van der Waals surface area contributed by atoms with Gasteiger partial charge in [0.2, 0.25) is 0 Å². The molecule has 0 saturated carbocycles. The summed E-state index contributed by atoms with van der Waals surface area (Å²) in [7, 11) is 0. The van der Waals surface area contributed by atoms with Gasteiger partial charge in [0.15, 0.2) is 0 Å². The van der Waals surface area contributed by atoms with E-state index in [0.29, 0.717) is 0 Å². The average Bonchev–Trinajstić information content (AvgIpc) is 3.35. The number of para-hydroxylation sites is 1. The van der Waals surface area contributed by atoms with E-state index in [1.54, 1.807) is 11.3 Å². The zero-order chi connectivity index (χ0) is 17.1. The van der Waals surface area contributed by atoms with Gasteiger partial charge in [-0.15, -0.1) is 0 Å². The molecule has 1 amide bonds. The third-order valence-electron chi connectivity index (χ3n) is 4.48. The van der Waals surface area contributed by atoms with Crippen LogP contribution in [0.3, 0.4) is 0 Å². The van der Waals surface area contributed by atoms with Gasteiger partial charge < -0.3 is 4.90 Å². The second-order valence-corrected chi connectivity index (χ2v) is 6.95. The number of thiophene rings is 1. The zero-order valence-corrected chi connectivity index (χ0v) is 14.7. The Morgan fingerprint density at radius 1 is 1.04 bits per heavy atom. The van der Waals surface area contributed by atoms with Crippen LogP contribution in [0.4, 0.5) is 0 Å². The predicted molar refractivity (Wildman–Crippen MR) is 99.1 cm³/mol. The smallest absolute Gasteiger partial charge is 0.254 e. The van der Waals surface area contributed by atoms with E-state index in [9.17, 15) is 4.79 Å². The lowest BCUT2D eigenvalue weighted by molar-refractivity contribution is 0.0627. The number of hydrogen-bond acceptors (Lipinski definition) is 4. The lowest BCUT2D eigenvalue weighted by Gasteiger charge is -2.34. The molecule has 0 aliphatic carbocycles. The highest BCUT2D eigenvalue weighted by Gasteiger charge is 2.22. The topological polar surface area (TPSA) is 41.4 Å². The lowest BCUT2D eigenvalue weighted by Crippen LogP contribution is -2.48. The van der Waals surface area contributed by atoms with Crippen molar-refractivity contribution in [1.82, 2.24) is 19.6 Å². The fourth-order valence-corrected chi connectivity index (χ4v) is 3.71. The molecular weight excluding hydrogens is 332 g/mol. The first-order chi connectivity index (χ1) is 12.3. The Morgan fingerprint density at radius 2 is 1.84 bits per heavy atom. The summed E-state index contributed by atoms with van der Waals surface area (Å²) in [6, 6.07) is 14.1. The quantitative estimate of drug-likeness (QED) is 0.725. The van der Waals surface area contributed by atoms with Gasteiger partial charge in [0.25, 0.3) is 5.91 Å². The Labute approximate surface area is 151 Å². The number of amides is 1. The van der Waals surface area contributed by atoms with E-state index in [0.717, 1.165) is 49.7 Å². The first kappa shape index (κ1) is 16.1. The van der Waals surface area contributed by atoms with Crippen LogP contribution >= 0.6 is 11.3 Å². The molecule has 0 bridgehead atoms. The summed E-state index contributed by atoms with van der Waals surface area (Å²) >= 11 is 1.57. The van der Waals surface area contributed by atoms with Crippen molar-refractivity contribution in [2.45, 2.75) is 6.54 Å². The van der Waals surface area contributed by atoms with E-state index in [1.807, 2.05) is 62.9 Å². The number of piperazine rings is 1. The highest BCUT2D eigenvalue weighted by Crippen LogP contribution is 2.14. The van der Waals surface area contributed by atoms with Crippen LogP contribution in [-0.4, -0.2) is 51.7 Å². The van der Waals surface area contributed by atoms with Crippen molar-refractivity contribution in [3.05, 3.63) is 70.7 Å². The van der Waals surface area contributed by atoms with Crippen LogP contribution in [-0.2, 0) is 6.54 Å². The minimum Gasteiger partial charge on any atom is -0.336 e. The Kier molecular flexibility index (Phi) is 4.63. The molecule has 1 aliphatic rings. The largest absolute Gasteiger partial charge is 0.336 e. The molecule has 4 rings (SSSR count). The fraction of sp³-hybridized carbons (Fsp3) is 0.263. The van der Waals surface area contributed by atoms with Gasteiger partial charge in [-0.2, -0.15) is 16.4 Å². The molecule has 2 aromatic heterocycles. The maximum absolute atomic E-state index is 12.4. The molecule has 128 valence electrons. The molecule has 0 spiro atoms. The third kappa shape index (κ3) is 3.65. The van der Waals surface area contributed by atoms with E-state index in [4.69, 9.17) is 0 Å². The summed E-state index contributed by atoms with van der Waals surface area (Å²) in [6.07, 6.45) is 2.00. The summed E-state index contributed by atoms with van der Waals surface area (Å²) in [6.45, 7) is 4.13. The highest BCUT2D eigenvalue weighted by atomic mass is 32.1. The number of benzene rings is 1. The van der Waals surface area contributed by atoms with Crippen molar-refractivity contribution in [1.29, 1.82) is 0 Å². The van der Waals surface area contributed by atoms with Crippen molar-refractivity contribution in [3.63, 3.8) is 0 Å². The summed E-state index contributed by atoms with van der Waals surface area (Å²) in [5.41, 5.74) is 2.93. The summed E-state index contributed by atoms with van der Waals surface area (Å²) in [4.78, 5) is 16.7. The first-order valence-electron chi connectivity index (χ1n) is 8.43. The Morgan fingerprint density at radius 3 is 2.56 bits per heavy atom. The molecule has 0 N–H and O–H groups in total. The predicted octanol–water partition coefficient (Wildman–Crippen LogP) is 2.89. The van der Waals surface area contributed by atoms with E-state index >= 15 is 0 Å². The Hall–Kier alpha value is -2.44. The van der Waals surface area contributed by atoms with Gasteiger partial charge in [-0.25, -0.2) is 4.68 Å². The van der Waals surface area contributed by atoms with E-state index in [-0.39, 0.29) is 5.91 Å². The van der Waals surface area contributed by atoms with Crippen LogP contribution in [0, 0.1) is 0 Å². The molecule has 5 nitrogen and oxygen atoms in total. The standard InChI is InChI=1S/C19H20N4OS/c24-19(16-7-13-25-15-16)22-11-9-21(10-12-22)14-17-6-8-23(20-17)18-4-2-1-3-5-18/h1-8,13,15H,9-12,14H2. The number of hydrogen-bond donors (Lipinski definition) is 0. The monoisotopic (exact) mass is 352 g/mol. The number of carbonyl (C=O) groups excluding carboxylic acids is 1. The van der Waals surface area contributed by atoms with Gasteiger partial charge in [0, 0.05) is 44.3 Å². The maximum Gasteiger partial charge on any atom is 0.254 e. The van der Waals surface area contributed by atoms with Crippen molar-refractivity contribution in [2.24, 2.45) is 0 Å². The molecule has 1 aliphatic heterocycles. The molecule has 1 saturated heterocycles. The van der Waals surface area contributed by atoms with E-state index in [1.165, 1.54) is 0 Å². The SMILES string of the molecule is O=C(c1ccsc1)N1CCN(Cc2ccn(-c3ccccc3)n2)CC1. The van der Waals surface area contributed by atoms with Crippen LogP contribution in [0.15, 0.2) is 59.4 Å². The van der Waals surface area contributed by atoms with Crippen molar-refractivity contribution >= 4 is 17.2 Å². The molecule has 1 aromatic carbocycles. The van der Waals surface area contributed by atoms with Crippen molar-refractivity contribution in [2.75, 3.05) is 26.2 Å². The van der Waals surface area contributed by atoms with Crippen molar-refractivity contribution < 1.29 is 4.79 Å². The van der Waals surface area contributed by atoms with Gasteiger partial charge in [-0.3, -0.25) is 9.69 Å². The Balaban J connectivity index is 1.33. The molecule has 25 heavy (non-hydrogen) atoms. The normalized spacial score (nSPS) is 15.4. The average molecular weight is 352 g/mol. The number of rotatable bonds is 4. The second-order valence-electron chi connectivity index (χ2n) is 6.17. The van der Waals surface area contributed by atoms with Crippen LogP contribution < -0.4 is 0 Å². The summed E-state index contributed by atoms with van der Waals surface area (Å²) in [5.74, 6) is 0.147. The maximum atomic E-state index is 12.4. The van der Waals surface area contributed by atoms with Crippen LogP contribution in [0.25, 0.3) is 5.69 Å². The van der Waals surface area contributed by atoms with Crippen molar-refractivity contribution in [3.8, 4) is 5.69 Å². The molecule has 0 radical (unpaired) electrons. The summed E-state index contributed by atoms with van der Waals surface area (Å²) < 4.78 is 1.91. The first-order valence-corrected chi connectivity index (χ1v) is 9.38. The van der Waals surface area contributed by atoms with Gasteiger partial charge in [-0.05, 0) is 29.6 Å². The molecule has 3 aromatic rings. The number of aromatic nitrogens is 2. The Bertz CT molecular complexity index is 820. The third-order valence-corrected chi connectivity index (χ3v) is 5.16. The number of nitrogens with zero attached hydrogens (tertiary/aromatic N) is 4. The highest BCUT2D eigenvalue weighted by molar-refractivity contribution is 7.08. The van der Waals surface area contributed by atoms with Gasteiger partial charge >= 0.3 is 0 Å². The van der Waals surface area contributed by atoms with Gasteiger partial charge in [-0.1, -0.05) is 18.2 Å². The van der Waals surface area contributed by atoms with E-state index in [2.05, 4.69) is 16.1 Å². The zero-order valence-electron chi connectivity index (χ0n) is 13.9. The lowest BCUT2D eigenvalue weighted by atomic mass is 10.2. The molecule has 0 atom stereocenters. The fourth-order valence-electron chi connectivity index (χ4n) is 3.08. The van der Waals surface area contributed by atoms with E-state index < -0.39 is 0 Å². The minimum absolute atomic E-state index is 0.147. The van der Waals surface area contributed by atoms with Crippen LogP contribution in [0.1, 0.15) is 16.1 Å². The molecule has 3 heterocycles. The van der Waals surface area contributed by atoms with Gasteiger partial charge in [0.1, 0.15) is 0 Å². The van der Waals surface area contributed by atoms with Crippen LogP contribution in [0.2, 0.25) is 0 Å². The minimum atomic E-state index is 0.147. The molecule has 0 unspecified atom stereocenters. The second kappa shape index (κ2) is 7.21. The molecule has 1 fully saturated rings. The van der Waals surface area contributed by atoms with Gasteiger partial charge in [0.05, 0.1) is 16.9 Å². The number of carbonyl (C=O) groups is 1.